The molecule has 0 spiro atoms. The number of amides is 1. The Morgan fingerprint density at radius 2 is 1.93 bits per heavy atom. The molecule has 1 aliphatic rings. The van der Waals surface area contributed by atoms with Gasteiger partial charge in [0, 0.05) is 36.3 Å². The fourth-order valence-electron chi connectivity index (χ4n) is 4.13. The molecule has 0 saturated heterocycles. The summed E-state index contributed by atoms with van der Waals surface area (Å²) >= 11 is 0. The fraction of sp³-hybridized carbons (Fsp3) is 0.348. The van der Waals surface area contributed by atoms with Crippen LogP contribution in [0.4, 0.5) is 0 Å². The summed E-state index contributed by atoms with van der Waals surface area (Å²) in [5.41, 5.74) is 4.01. The smallest absolute Gasteiger partial charge is 0.252 e. The lowest BCUT2D eigenvalue weighted by atomic mass is 10.1. The standard InChI is InChI=1S/C23H26N2O4/c1-27-12-11-25-10-9-16-17(5-4-6-20(16)25)23(26)24-19-8-7-15-13-21(28-2)22(29-3)14-18(15)19/h4-6,9-10,13-14,19H,7-8,11-12H2,1-3H3,(H,24,26)/t19-/m0/s1. The van der Waals surface area contributed by atoms with Gasteiger partial charge in [0.25, 0.3) is 5.91 Å². The number of benzene rings is 2. The van der Waals surface area contributed by atoms with E-state index in [-0.39, 0.29) is 11.9 Å². The molecular formula is C23H26N2O4. The average Bonchev–Trinajstić information content (AvgIpc) is 3.34. The highest BCUT2D eigenvalue weighted by molar-refractivity contribution is 6.06. The molecular weight excluding hydrogens is 368 g/mol. The van der Waals surface area contributed by atoms with Gasteiger partial charge in [0.15, 0.2) is 11.5 Å². The molecule has 1 aliphatic carbocycles. The van der Waals surface area contributed by atoms with Crippen molar-refractivity contribution in [3.63, 3.8) is 0 Å². The van der Waals surface area contributed by atoms with Gasteiger partial charge in [0.05, 0.1) is 26.9 Å². The molecule has 4 rings (SSSR count). The van der Waals surface area contributed by atoms with Crippen molar-refractivity contribution in [2.45, 2.75) is 25.4 Å². The van der Waals surface area contributed by atoms with Gasteiger partial charge in [0.2, 0.25) is 0 Å². The predicted molar refractivity (Wildman–Crippen MR) is 112 cm³/mol. The Kier molecular flexibility index (Phi) is 5.45. The van der Waals surface area contributed by atoms with Crippen molar-refractivity contribution in [3.8, 4) is 11.5 Å². The fourth-order valence-corrected chi connectivity index (χ4v) is 4.13. The number of rotatable bonds is 7. The molecule has 0 saturated carbocycles. The summed E-state index contributed by atoms with van der Waals surface area (Å²) < 4.78 is 18.1. The zero-order chi connectivity index (χ0) is 20.4. The van der Waals surface area contributed by atoms with Gasteiger partial charge in [-0.25, -0.2) is 0 Å². The van der Waals surface area contributed by atoms with E-state index in [9.17, 15) is 4.79 Å². The summed E-state index contributed by atoms with van der Waals surface area (Å²) in [6.45, 7) is 1.38. The van der Waals surface area contributed by atoms with Gasteiger partial charge in [-0.2, -0.15) is 0 Å². The minimum Gasteiger partial charge on any atom is -0.493 e. The molecule has 0 fully saturated rings. The molecule has 0 bridgehead atoms. The molecule has 0 unspecified atom stereocenters. The van der Waals surface area contributed by atoms with E-state index < -0.39 is 0 Å². The molecule has 1 atom stereocenters. The Balaban J connectivity index is 1.59. The van der Waals surface area contributed by atoms with Crippen LogP contribution in [-0.4, -0.2) is 38.4 Å². The van der Waals surface area contributed by atoms with Crippen molar-refractivity contribution in [1.29, 1.82) is 0 Å². The SMILES string of the molecule is COCCn1ccc2c(C(=O)N[C@H]3CCc4cc(OC)c(OC)cc43)cccc21. The number of nitrogens with one attached hydrogen (secondary N) is 1. The molecule has 1 N–H and O–H groups in total. The summed E-state index contributed by atoms with van der Waals surface area (Å²) in [6, 6.07) is 11.8. The molecule has 152 valence electrons. The van der Waals surface area contributed by atoms with Crippen molar-refractivity contribution >= 4 is 16.8 Å². The van der Waals surface area contributed by atoms with Crippen molar-refractivity contribution in [3.05, 3.63) is 59.3 Å². The number of aromatic nitrogens is 1. The highest BCUT2D eigenvalue weighted by Gasteiger charge is 2.27. The number of hydrogen-bond acceptors (Lipinski definition) is 4. The molecule has 6 heteroatoms. The topological polar surface area (TPSA) is 61.7 Å². The van der Waals surface area contributed by atoms with Gasteiger partial charge in [-0.05, 0) is 54.3 Å². The Hall–Kier alpha value is -2.99. The highest BCUT2D eigenvalue weighted by Crippen LogP contribution is 2.39. The Labute approximate surface area is 170 Å². The van der Waals surface area contributed by atoms with E-state index in [1.807, 2.05) is 42.6 Å². The van der Waals surface area contributed by atoms with E-state index in [2.05, 4.69) is 9.88 Å². The molecule has 0 radical (unpaired) electrons. The summed E-state index contributed by atoms with van der Waals surface area (Å²) in [6.07, 6.45) is 3.77. The Morgan fingerprint density at radius 1 is 1.14 bits per heavy atom. The zero-order valence-corrected chi connectivity index (χ0v) is 17.0. The third-order valence-corrected chi connectivity index (χ3v) is 5.62. The van der Waals surface area contributed by atoms with Crippen LogP contribution in [0, 0.1) is 0 Å². The van der Waals surface area contributed by atoms with Gasteiger partial charge in [-0.15, -0.1) is 0 Å². The molecule has 3 aromatic rings. The van der Waals surface area contributed by atoms with E-state index in [0.717, 1.165) is 41.6 Å². The predicted octanol–water partition coefficient (Wildman–Crippen LogP) is 3.72. The summed E-state index contributed by atoms with van der Waals surface area (Å²) in [4.78, 5) is 13.1. The normalized spacial score (nSPS) is 15.3. The number of ether oxygens (including phenoxy) is 3. The van der Waals surface area contributed by atoms with E-state index in [4.69, 9.17) is 14.2 Å². The molecule has 1 amide bonds. The number of carbonyl (C=O) groups excluding carboxylic acids is 1. The van der Waals surface area contributed by atoms with Crippen LogP contribution in [-0.2, 0) is 17.7 Å². The monoisotopic (exact) mass is 394 g/mol. The molecule has 29 heavy (non-hydrogen) atoms. The second-order valence-corrected chi connectivity index (χ2v) is 7.21. The first-order valence-corrected chi connectivity index (χ1v) is 9.78. The summed E-state index contributed by atoms with van der Waals surface area (Å²) in [5, 5.41) is 4.17. The second-order valence-electron chi connectivity index (χ2n) is 7.21. The molecule has 1 heterocycles. The minimum atomic E-state index is -0.0623. The van der Waals surface area contributed by atoms with Crippen molar-refractivity contribution in [1.82, 2.24) is 9.88 Å². The first kappa shape index (κ1) is 19.3. The first-order chi connectivity index (χ1) is 14.2. The molecule has 1 aromatic heterocycles. The summed E-state index contributed by atoms with van der Waals surface area (Å²) in [7, 11) is 4.95. The highest BCUT2D eigenvalue weighted by atomic mass is 16.5. The van der Waals surface area contributed by atoms with Gasteiger partial charge >= 0.3 is 0 Å². The third-order valence-electron chi connectivity index (χ3n) is 5.62. The number of methoxy groups -OCH3 is 3. The van der Waals surface area contributed by atoms with E-state index in [1.165, 1.54) is 5.56 Å². The van der Waals surface area contributed by atoms with Crippen LogP contribution in [0.25, 0.3) is 10.9 Å². The van der Waals surface area contributed by atoms with Crippen LogP contribution >= 0.6 is 0 Å². The van der Waals surface area contributed by atoms with Gasteiger partial charge in [-0.3, -0.25) is 4.79 Å². The van der Waals surface area contributed by atoms with Crippen LogP contribution in [0.3, 0.4) is 0 Å². The number of nitrogens with zero attached hydrogens (tertiary/aromatic N) is 1. The lowest BCUT2D eigenvalue weighted by molar-refractivity contribution is 0.0938. The van der Waals surface area contributed by atoms with Crippen LogP contribution in [0.1, 0.15) is 33.9 Å². The maximum atomic E-state index is 13.1. The minimum absolute atomic E-state index is 0.0388. The number of carbonyl (C=O) groups is 1. The number of hydrogen-bond donors (Lipinski definition) is 1. The van der Waals surface area contributed by atoms with Gasteiger partial charge < -0.3 is 24.1 Å². The largest absolute Gasteiger partial charge is 0.493 e. The van der Waals surface area contributed by atoms with Crippen LogP contribution in [0.15, 0.2) is 42.6 Å². The summed E-state index contributed by atoms with van der Waals surface area (Å²) in [5.74, 6) is 1.35. The average molecular weight is 394 g/mol. The second kappa shape index (κ2) is 8.17. The van der Waals surface area contributed by atoms with E-state index in [0.29, 0.717) is 17.9 Å². The van der Waals surface area contributed by atoms with Crippen LogP contribution < -0.4 is 14.8 Å². The first-order valence-electron chi connectivity index (χ1n) is 9.78. The molecule has 2 aromatic carbocycles. The molecule has 6 nitrogen and oxygen atoms in total. The van der Waals surface area contributed by atoms with Crippen molar-refractivity contribution in [2.75, 3.05) is 27.9 Å². The van der Waals surface area contributed by atoms with Gasteiger partial charge in [-0.1, -0.05) is 6.07 Å². The maximum absolute atomic E-state index is 13.1. The maximum Gasteiger partial charge on any atom is 0.252 e. The van der Waals surface area contributed by atoms with Crippen LogP contribution in [0.2, 0.25) is 0 Å². The van der Waals surface area contributed by atoms with E-state index >= 15 is 0 Å². The van der Waals surface area contributed by atoms with Crippen molar-refractivity contribution in [2.24, 2.45) is 0 Å². The lowest BCUT2D eigenvalue weighted by Crippen LogP contribution is -2.27. The van der Waals surface area contributed by atoms with Crippen LogP contribution in [0.5, 0.6) is 11.5 Å². The number of fused-ring (bicyclic) bond motifs is 2. The van der Waals surface area contributed by atoms with Gasteiger partial charge in [0.1, 0.15) is 0 Å². The molecule has 0 aliphatic heterocycles. The van der Waals surface area contributed by atoms with Crippen molar-refractivity contribution < 1.29 is 19.0 Å². The number of aryl methyl sites for hydroxylation is 1. The zero-order valence-electron chi connectivity index (χ0n) is 17.0. The lowest BCUT2D eigenvalue weighted by Gasteiger charge is -2.17. The van der Waals surface area contributed by atoms with E-state index in [1.54, 1.807) is 21.3 Å². The quantitative estimate of drug-likeness (QED) is 0.663. The Bertz CT molecular complexity index is 1040. The Morgan fingerprint density at radius 3 is 2.69 bits per heavy atom. The third kappa shape index (κ3) is 3.56.